The number of aromatic carboxylic acids is 1. The molecule has 1 heterocycles. The highest BCUT2D eigenvalue weighted by Gasteiger charge is 2.16. The van der Waals surface area contributed by atoms with Crippen molar-refractivity contribution in [1.29, 1.82) is 0 Å². The minimum Gasteiger partial charge on any atom is -0.495 e. The van der Waals surface area contributed by atoms with Crippen LogP contribution in [0.1, 0.15) is 21.5 Å². The maximum absolute atomic E-state index is 11.7. The van der Waals surface area contributed by atoms with Gasteiger partial charge in [0.2, 0.25) is 0 Å². The molecular weight excluding hydrogens is 326 g/mol. The summed E-state index contributed by atoms with van der Waals surface area (Å²) in [7, 11) is 1.54. The lowest BCUT2D eigenvalue weighted by Crippen LogP contribution is -2.02. The van der Waals surface area contributed by atoms with Gasteiger partial charge in [0.15, 0.2) is 0 Å². The molecule has 1 N–H and O–H groups in total. The van der Waals surface area contributed by atoms with Crippen molar-refractivity contribution >= 4 is 28.5 Å². The van der Waals surface area contributed by atoms with Gasteiger partial charge >= 0.3 is 5.97 Å². The third-order valence-electron chi connectivity index (χ3n) is 3.93. The Morgan fingerprint density at radius 2 is 1.92 bits per heavy atom. The number of pyridine rings is 1. The standard InChI is InChI=1S/C19H16ClNO3/c1-10-6-11(2)18-13(19(22)23)9-15(21-16(18)7-10)12-4-5-17(24-3)14(20)8-12/h4-9H,1-3H3,(H,22,23). The highest BCUT2D eigenvalue weighted by Crippen LogP contribution is 2.32. The minimum absolute atomic E-state index is 0.236. The van der Waals surface area contributed by atoms with Crippen molar-refractivity contribution in [3.05, 3.63) is 58.1 Å². The fourth-order valence-corrected chi connectivity index (χ4v) is 3.15. The third kappa shape index (κ3) is 2.81. The molecule has 0 saturated carbocycles. The van der Waals surface area contributed by atoms with Crippen molar-refractivity contribution in [3.63, 3.8) is 0 Å². The van der Waals surface area contributed by atoms with Crippen molar-refractivity contribution in [1.82, 2.24) is 4.98 Å². The number of hydrogen-bond donors (Lipinski definition) is 1. The number of carboxylic acid groups (broad SMARTS) is 1. The summed E-state index contributed by atoms with van der Waals surface area (Å²) in [6, 6.07) is 10.7. The number of ether oxygens (including phenoxy) is 1. The van der Waals surface area contributed by atoms with Crippen molar-refractivity contribution in [3.8, 4) is 17.0 Å². The van der Waals surface area contributed by atoms with Gasteiger partial charge in [-0.25, -0.2) is 9.78 Å². The number of carboxylic acids is 1. The van der Waals surface area contributed by atoms with Gasteiger partial charge in [-0.2, -0.15) is 0 Å². The van der Waals surface area contributed by atoms with E-state index >= 15 is 0 Å². The molecule has 3 rings (SSSR count). The number of fused-ring (bicyclic) bond motifs is 1. The van der Waals surface area contributed by atoms with Gasteiger partial charge in [-0.1, -0.05) is 17.7 Å². The predicted molar refractivity (Wildman–Crippen MR) is 95.2 cm³/mol. The molecule has 122 valence electrons. The van der Waals surface area contributed by atoms with Gasteiger partial charge in [0.05, 0.1) is 28.9 Å². The molecule has 2 aromatic carbocycles. The topological polar surface area (TPSA) is 59.4 Å². The van der Waals surface area contributed by atoms with Crippen LogP contribution in [0.2, 0.25) is 5.02 Å². The third-order valence-corrected chi connectivity index (χ3v) is 4.22. The molecule has 5 heteroatoms. The zero-order valence-electron chi connectivity index (χ0n) is 13.6. The van der Waals surface area contributed by atoms with Crippen molar-refractivity contribution in [2.24, 2.45) is 0 Å². The molecule has 0 spiro atoms. The van der Waals surface area contributed by atoms with E-state index in [4.69, 9.17) is 16.3 Å². The van der Waals surface area contributed by atoms with Gasteiger partial charge in [0.1, 0.15) is 5.75 Å². The summed E-state index contributed by atoms with van der Waals surface area (Å²) >= 11 is 6.18. The second-order valence-electron chi connectivity index (χ2n) is 5.69. The van der Waals surface area contributed by atoms with Crippen molar-refractivity contribution in [2.75, 3.05) is 7.11 Å². The number of aromatic nitrogens is 1. The Bertz CT molecular complexity index is 966. The van der Waals surface area contributed by atoms with E-state index in [-0.39, 0.29) is 5.56 Å². The van der Waals surface area contributed by atoms with Gasteiger partial charge in [-0.15, -0.1) is 0 Å². The molecule has 0 atom stereocenters. The Kier molecular flexibility index (Phi) is 4.16. The first kappa shape index (κ1) is 16.3. The number of carbonyl (C=O) groups is 1. The molecule has 0 fully saturated rings. The molecule has 3 aromatic rings. The van der Waals surface area contributed by atoms with Gasteiger partial charge in [-0.3, -0.25) is 0 Å². The minimum atomic E-state index is -0.977. The first-order valence-corrected chi connectivity index (χ1v) is 7.77. The number of aryl methyl sites for hydroxylation is 2. The van der Waals surface area contributed by atoms with Crippen LogP contribution < -0.4 is 4.74 Å². The fraction of sp³-hybridized carbons (Fsp3) is 0.158. The first-order valence-electron chi connectivity index (χ1n) is 7.40. The predicted octanol–water partition coefficient (Wildman–Crippen LogP) is 4.88. The molecule has 24 heavy (non-hydrogen) atoms. The van der Waals surface area contributed by atoms with E-state index in [1.54, 1.807) is 25.3 Å². The number of rotatable bonds is 3. The zero-order valence-corrected chi connectivity index (χ0v) is 14.3. The van der Waals surface area contributed by atoms with Crippen LogP contribution in [0, 0.1) is 13.8 Å². The number of hydrogen-bond acceptors (Lipinski definition) is 3. The molecule has 4 nitrogen and oxygen atoms in total. The molecule has 1 aromatic heterocycles. The quantitative estimate of drug-likeness (QED) is 0.737. The van der Waals surface area contributed by atoms with Crippen LogP contribution in [-0.4, -0.2) is 23.2 Å². The molecule has 0 bridgehead atoms. The number of nitrogens with zero attached hydrogens (tertiary/aromatic N) is 1. The molecule has 0 aliphatic heterocycles. The van der Waals surface area contributed by atoms with E-state index < -0.39 is 5.97 Å². The Morgan fingerprint density at radius 3 is 2.54 bits per heavy atom. The highest BCUT2D eigenvalue weighted by molar-refractivity contribution is 6.32. The molecule has 0 saturated heterocycles. The molecule has 0 radical (unpaired) electrons. The van der Waals surface area contributed by atoms with E-state index in [0.717, 1.165) is 16.7 Å². The Balaban J connectivity index is 2.30. The number of halogens is 1. The van der Waals surface area contributed by atoms with Gasteiger partial charge < -0.3 is 9.84 Å². The highest BCUT2D eigenvalue weighted by atomic mass is 35.5. The largest absolute Gasteiger partial charge is 0.495 e. The van der Waals surface area contributed by atoms with Crippen LogP contribution in [0.15, 0.2) is 36.4 Å². The van der Waals surface area contributed by atoms with Crippen LogP contribution >= 0.6 is 11.6 Å². The number of methoxy groups -OCH3 is 1. The monoisotopic (exact) mass is 341 g/mol. The maximum Gasteiger partial charge on any atom is 0.336 e. The lowest BCUT2D eigenvalue weighted by molar-refractivity contribution is 0.0699. The average molecular weight is 342 g/mol. The van der Waals surface area contributed by atoms with Crippen LogP contribution in [0.5, 0.6) is 5.75 Å². The van der Waals surface area contributed by atoms with Gasteiger partial charge in [0.25, 0.3) is 0 Å². The molecule has 0 aliphatic rings. The second-order valence-corrected chi connectivity index (χ2v) is 6.09. The van der Waals surface area contributed by atoms with Crippen LogP contribution in [0.3, 0.4) is 0 Å². The van der Waals surface area contributed by atoms with E-state index in [1.165, 1.54) is 0 Å². The normalized spacial score (nSPS) is 10.8. The Morgan fingerprint density at radius 1 is 1.17 bits per heavy atom. The molecule has 0 amide bonds. The zero-order chi connectivity index (χ0) is 17.4. The van der Waals surface area contributed by atoms with Crippen molar-refractivity contribution < 1.29 is 14.6 Å². The second kappa shape index (κ2) is 6.13. The Hall–Kier alpha value is -2.59. The lowest BCUT2D eigenvalue weighted by atomic mass is 9.99. The average Bonchev–Trinajstić information content (AvgIpc) is 2.53. The molecular formula is C19H16ClNO3. The van der Waals surface area contributed by atoms with Crippen LogP contribution in [0.25, 0.3) is 22.2 Å². The van der Waals surface area contributed by atoms with E-state index in [9.17, 15) is 9.90 Å². The summed E-state index contributed by atoms with van der Waals surface area (Å²) in [4.78, 5) is 16.4. The van der Waals surface area contributed by atoms with Crippen LogP contribution in [-0.2, 0) is 0 Å². The molecule has 0 aliphatic carbocycles. The summed E-state index contributed by atoms with van der Waals surface area (Å²) in [5.41, 5.74) is 4.13. The summed E-state index contributed by atoms with van der Waals surface area (Å²) in [6.07, 6.45) is 0. The summed E-state index contributed by atoms with van der Waals surface area (Å²) < 4.78 is 5.15. The smallest absolute Gasteiger partial charge is 0.336 e. The van der Waals surface area contributed by atoms with E-state index in [2.05, 4.69) is 4.98 Å². The lowest BCUT2D eigenvalue weighted by Gasteiger charge is -2.11. The maximum atomic E-state index is 11.7. The summed E-state index contributed by atoms with van der Waals surface area (Å²) in [5, 5.41) is 10.7. The van der Waals surface area contributed by atoms with E-state index in [0.29, 0.717) is 27.4 Å². The van der Waals surface area contributed by atoms with E-state index in [1.807, 2.05) is 32.0 Å². The summed E-state index contributed by atoms with van der Waals surface area (Å²) in [6.45, 7) is 3.86. The van der Waals surface area contributed by atoms with Gasteiger partial charge in [0, 0.05) is 10.9 Å². The van der Waals surface area contributed by atoms with Gasteiger partial charge in [-0.05, 0) is 55.3 Å². The number of benzene rings is 2. The van der Waals surface area contributed by atoms with Crippen LogP contribution in [0.4, 0.5) is 0 Å². The SMILES string of the molecule is COc1ccc(-c2cc(C(=O)O)c3c(C)cc(C)cc3n2)cc1Cl. The molecule has 0 unspecified atom stereocenters. The first-order chi connectivity index (χ1) is 11.4. The van der Waals surface area contributed by atoms with Crippen molar-refractivity contribution in [2.45, 2.75) is 13.8 Å². The summed E-state index contributed by atoms with van der Waals surface area (Å²) in [5.74, 6) is -0.415. The fourth-order valence-electron chi connectivity index (χ4n) is 2.90. The Labute approximate surface area is 144 Å².